The van der Waals surface area contributed by atoms with E-state index in [9.17, 15) is 9.59 Å². The third-order valence-electron chi connectivity index (χ3n) is 4.39. The molecule has 32 heavy (non-hydrogen) atoms. The van der Waals surface area contributed by atoms with Crippen molar-refractivity contribution in [3.63, 3.8) is 0 Å². The van der Waals surface area contributed by atoms with E-state index in [0.717, 1.165) is 16.8 Å². The minimum Gasteiger partial charge on any atom is -0.459 e. The summed E-state index contributed by atoms with van der Waals surface area (Å²) < 4.78 is 6.87. The zero-order valence-electron chi connectivity index (χ0n) is 16.9. The fraction of sp³-hybridized carbons (Fsp3) is 0.0909. The van der Waals surface area contributed by atoms with Crippen LogP contribution in [0.1, 0.15) is 16.1 Å². The molecular weight excluding hydrogens is 450 g/mol. The minimum atomic E-state index is -0.540. The van der Waals surface area contributed by atoms with E-state index in [1.54, 1.807) is 18.2 Å². The quantitative estimate of drug-likeness (QED) is 0.328. The number of hydrogen-bond acceptors (Lipinski definition) is 6. The number of halogens is 1. The second kappa shape index (κ2) is 9.71. The van der Waals surface area contributed by atoms with Crippen molar-refractivity contribution in [2.24, 2.45) is 0 Å². The van der Waals surface area contributed by atoms with Crippen LogP contribution in [0.5, 0.6) is 0 Å². The monoisotopic (exact) mass is 467 g/mol. The molecule has 0 aliphatic carbocycles. The van der Waals surface area contributed by atoms with Crippen molar-refractivity contribution < 1.29 is 14.0 Å². The van der Waals surface area contributed by atoms with Crippen molar-refractivity contribution in [3.05, 3.63) is 83.3 Å². The summed E-state index contributed by atoms with van der Waals surface area (Å²) in [6.07, 6.45) is 1.38. The lowest BCUT2D eigenvalue weighted by Crippen LogP contribution is -2.42. The summed E-state index contributed by atoms with van der Waals surface area (Å²) in [5.74, 6) is -0.197. The number of nitrogens with zero attached hydrogens (tertiary/aromatic N) is 3. The number of nitrogens with one attached hydrogen (secondary N) is 2. The maximum absolute atomic E-state index is 12.3. The summed E-state index contributed by atoms with van der Waals surface area (Å²) >= 11 is 7.22. The van der Waals surface area contributed by atoms with E-state index in [2.05, 4.69) is 21.0 Å². The molecule has 162 valence electrons. The standard InChI is InChI=1S/C22H18ClN5O3S/c1-14-4-2-5-17(12-14)28-20(15-7-9-16(23)10-8-15)25-27-22(28)32-13-19(29)24-26-21(30)18-6-3-11-31-18/h2-12H,13H2,1H3,(H,24,29)(H,26,30). The first-order valence-corrected chi connectivity index (χ1v) is 10.9. The van der Waals surface area contributed by atoms with Gasteiger partial charge in [-0.3, -0.25) is 25.0 Å². The topological polar surface area (TPSA) is 102 Å². The van der Waals surface area contributed by atoms with Gasteiger partial charge in [-0.2, -0.15) is 0 Å². The third kappa shape index (κ3) is 5.01. The predicted molar refractivity (Wildman–Crippen MR) is 122 cm³/mol. The first-order valence-electron chi connectivity index (χ1n) is 9.55. The van der Waals surface area contributed by atoms with Crippen LogP contribution in [0.2, 0.25) is 5.02 Å². The highest BCUT2D eigenvalue weighted by molar-refractivity contribution is 7.99. The first kappa shape index (κ1) is 21.7. The van der Waals surface area contributed by atoms with E-state index >= 15 is 0 Å². The number of carbonyl (C=O) groups excluding carboxylic acids is 2. The smallest absolute Gasteiger partial charge is 0.305 e. The molecule has 2 amide bonds. The second-order valence-corrected chi connectivity index (χ2v) is 8.13. The Morgan fingerprint density at radius 1 is 1.06 bits per heavy atom. The number of aryl methyl sites for hydroxylation is 1. The van der Waals surface area contributed by atoms with Gasteiger partial charge in [-0.25, -0.2) is 0 Å². The Morgan fingerprint density at radius 2 is 1.88 bits per heavy atom. The average Bonchev–Trinajstić information content (AvgIpc) is 3.47. The van der Waals surface area contributed by atoms with E-state index in [0.29, 0.717) is 16.0 Å². The number of benzene rings is 2. The molecule has 0 aliphatic rings. The van der Waals surface area contributed by atoms with Crippen LogP contribution >= 0.6 is 23.4 Å². The van der Waals surface area contributed by atoms with Crippen molar-refractivity contribution in [2.45, 2.75) is 12.1 Å². The van der Waals surface area contributed by atoms with E-state index in [1.165, 1.54) is 24.1 Å². The van der Waals surface area contributed by atoms with Gasteiger partial charge in [0.1, 0.15) is 0 Å². The highest BCUT2D eigenvalue weighted by Crippen LogP contribution is 2.29. The van der Waals surface area contributed by atoms with Gasteiger partial charge in [0.15, 0.2) is 16.7 Å². The molecular formula is C22H18ClN5O3S. The molecule has 0 aliphatic heterocycles. The summed E-state index contributed by atoms with van der Waals surface area (Å²) in [7, 11) is 0. The van der Waals surface area contributed by atoms with Crippen molar-refractivity contribution in [1.29, 1.82) is 0 Å². The molecule has 8 nitrogen and oxygen atoms in total. The van der Waals surface area contributed by atoms with Crippen molar-refractivity contribution in [1.82, 2.24) is 25.6 Å². The van der Waals surface area contributed by atoms with E-state index in [-0.39, 0.29) is 11.5 Å². The van der Waals surface area contributed by atoms with Gasteiger partial charge in [-0.1, -0.05) is 35.5 Å². The van der Waals surface area contributed by atoms with Crippen LogP contribution in [0.4, 0.5) is 0 Å². The van der Waals surface area contributed by atoms with Crippen LogP contribution in [-0.4, -0.2) is 32.3 Å². The molecule has 2 N–H and O–H groups in total. The summed E-state index contributed by atoms with van der Waals surface area (Å²) in [6, 6.07) is 18.3. The van der Waals surface area contributed by atoms with Crippen LogP contribution < -0.4 is 10.9 Å². The van der Waals surface area contributed by atoms with Gasteiger partial charge in [0, 0.05) is 16.3 Å². The fourth-order valence-electron chi connectivity index (χ4n) is 2.91. The molecule has 0 unspecified atom stereocenters. The highest BCUT2D eigenvalue weighted by Gasteiger charge is 2.18. The Labute approximate surface area is 193 Å². The number of thioether (sulfide) groups is 1. The number of hydrogen-bond donors (Lipinski definition) is 2. The Bertz CT molecular complexity index is 1240. The van der Waals surface area contributed by atoms with Crippen LogP contribution in [0.15, 0.2) is 76.5 Å². The molecule has 0 radical (unpaired) electrons. The average molecular weight is 468 g/mol. The number of aromatic nitrogens is 3. The zero-order chi connectivity index (χ0) is 22.5. The number of furan rings is 1. The molecule has 2 aromatic heterocycles. The largest absolute Gasteiger partial charge is 0.459 e. The van der Waals surface area contributed by atoms with Gasteiger partial charge < -0.3 is 4.42 Å². The Balaban J connectivity index is 1.52. The molecule has 4 aromatic rings. The lowest BCUT2D eigenvalue weighted by atomic mass is 10.2. The third-order valence-corrected chi connectivity index (χ3v) is 5.57. The molecule has 2 heterocycles. The number of carbonyl (C=O) groups is 2. The van der Waals surface area contributed by atoms with Gasteiger partial charge in [-0.05, 0) is 61.0 Å². The Morgan fingerprint density at radius 3 is 2.59 bits per heavy atom. The zero-order valence-corrected chi connectivity index (χ0v) is 18.5. The van der Waals surface area contributed by atoms with Crippen molar-refractivity contribution >= 4 is 35.2 Å². The summed E-state index contributed by atoms with van der Waals surface area (Å²) in [4.78, 5) is 24.1. The van der Waals surface area contributed by atoms with E-state index in [4.69, 9.17) is 16.0 Å². The maximum Gasteiger partial charge on any atom is 0.305 e. The first-order chi connectivity index (χ1) is 15.5. The summed E-state index contributed by atoms with van der Waals surface area (Å²) in [5, 5.41) is 9.79. The SMILES string of the molecule is Cc1cccc(-n2c(SCC(=O)NNC(=O)c3ccco3)nnc2-c2ccc(Cl)cc2)c1. The van der Waals surface area contributed by atoms with Gasteiger partial charge in [0.2, 0.25) is 5.91 Å². The molecule has 0 bridgehead atoms. The Kier molecular flexibility index (Phi) is 6.58. The normalized spacial score (nSPS) is 10.7. The molecule has 0 fully saturated rings. The predicted octanol–water partition coefficient (Wildman–Crippen LogP) is 4.04. The number of amides is 2. The highest BCUT2D eigenvalue weighted by atomic mass is 35.5. The molecule has 0 saturated heterocycles. The second-order valence-electron chi connectivity index (χ2n) is 6.76. The number of rotatable bonds is 6. The maximum atomic E-state index is 12.3. The van der Waals surface area contributed by atoms with Gasteiger partial charge in [0.25, 0.3) is 0 Å². The number of hydrazine groups is 1. The lowest BCUT2D eigenvalue weighted by molar-refractivity contribution is -0.119. The fourth-order valence-corrected chi connectivity index (χ4v) is 3.79. The van der Waals surface area contributed by atoms with Crippen LogP contribution in [0, 0.1) is 6.92 Å². The Hall–Kier alpha value is -3.56. The van der Waals surface area contributed by atoms with Crippen LogP contribution in [0.25, 0.3) is 17.1 Å². The minimum absolute atomic E-state index is 0.0169. The van der Waals surface area contributed by atoms with Gasteiger partial charge >= 0.3 is 5.91 Å². The van der Waals surface area contributed by atoms with Crippen LogP contribution in [-0.2, 0) is 4.79 Å². The molecule has 4 rings (SSSR count). The van der Waals surface area contributed by atoms with Crippen molar-refractivity contribution in [2.75, 3.05) is 5.75 Å². The van der Waals surface area contributed by atoms with E-state index in [1.807, 2.05) is 47.9 Å². The summed E-state index contributed by atoms with van der Waals surface area (Å²) in [6.45, 7) is 2.00. The van der Waals surface area contributed by atoms with E-state index < -0.39 is 11.8 Å². The van der Waals surface area contributed by atoms with Gasteiger partial charge in [-0.15, -0.1) is 10.2 Å². The summed E-state index contributed by atoms with van der Waals surface area (Å²) in [5.41, 5.74) is 7.46. The lowest BCUT2D eigenvalue weighted by Gasteiger charge is -2.11. The van der Waals surface area contributed by atoms with Crippen LogP contribution in [0.3, 0.4) is 0 Å². The molecule has 0 atom stereocenters. The molecule has 2 aromatic carbocycles. The van der Waals surface area contributed by atoms with Gasteiger partial charge in [0.05, 0.1) is 12.0 Å². The molecule has 0 spiro atoms. The van der Waals surface area contributed by atoms with Crippen molar-refractivity contribution in [3.8, 4) is 17.1 Å². The molecule has 10 heteroatoms. The molecule has 0 saturated carbocycles.